The summed E-state index contributed by atoms with van der Waals surface area (Å²) in [5, 5.41) is 8.52. The fourth-order valence-electron chi connectivity index (χ4n) is 1.95. The van der Waals surface area contributed by atoms with Crippen LogP contribution in [0.3, 0.4) is 0 Å². The predicted octanol–water partition coefficient (Wildman–Crippen LogP) is 0.777. The standard InChI is InChI=1S/C10H15BrN6/c1-6-4-8(16(2)15-6)9(14-12)10-7(11)5-13-17(10)3/h4-5,9,14H,12H2,1-3H3. The van der Waals surface area contributed by atoms with Crippen molar-refractivity contribution < 1.29 is 0 Å². The topological polar surface area (TPSA) is 73.7 Å². The molecule has 0 amide bonds. The van der Waals surface area contributed by atoms with Gasteiger partial charge in [-0.2, -0.15) is 10.2 Å². The van der Waals surface area contributed by atoms with Crippen LogP contribution in [0.4, 0.5) is 0 Å². The number of nitrogens with one attached hydrogen (secondary N) is 1. The first-order valence-electron chi connectivity index (χ1n) is 5.18. The average Bonchev–Trinajstić information content (AvgIpc) is 2.76. The Labute approximate surface area is 108 Å². The lowest BCUT2D eigenvalue weighted by Crippen LogP contribution is -2.32. The molecule has 0 bridgehead atoms. The van der Waals surface area contributed by atoms with Crippen molar-refractivity contribution in [2.45, 2.75) is 13.0 Å². The van der Waals surface area contributed by atoms with Gasteiger partial charge in [-0.1, -0.05) is 0 Å². The molecule has 2 aromatic rings. The molecule has 0 aromatic carbocycles. The van der Waals surface area contributed by atoms with Crippen LogP contribution in [-0.2, 0) is 14.1 Å². The largest absolute Gasteiger partial charge is 0.270 e. The molecule has 0 aliphatic heterocycles. The SMILES string of the molecule is Cc1cc(C(NN)c2c(Br)cnn2C)n(C)n1. The minimum absolute atomic E-state index is 0.150. The summed E-state index contributed by atoms with van der Waals surface area (Å²) >= 11 is 3.48. The van der Waals surface area contributed by atoms with Crippen molar-refractivity contribution in [3.8, 4) is 0 Å². The van der Waals surface area contributed by atoms with Crippen LogP contribution < -0.4 is 11.3 Å². The van der Waals surface area contributed by atoms with Gasteiger partial charge in [0.1, 0.15) is 6.04 Å². The molecule has 17 heavy (non-hydrogen) atoms. The van der Waals surface area contributed by atoms with Gasteiger partial charge in [0.15, 0.2) is 0 Å². The van der Waals surface area contributed by atoms with E-state index >= 15 is 0 Å². The minimum Gasteiger partial charge on any atom is -0.270 e. The Morgan fingerprint density at radius 3 is 2.53 bits per heavy atom. The first-order valence-corrected chi connectivity index (χ1v) is 5.98. The minimum atomic E-state index is -0.150. The van der Waals surface area contributed by atoms with E-state index < -0.39 is 0 Å². The second-order valence-electron chi connectivity index (χ2n) is 3.94. The molecule has 0 aliphatic rings. The molecule has 7 heteroatoms. The molecule has 1 atom stereocenters. The Morgan fingerprint density at radius 1 is 1.41 bits per heavy atom. The zero-order valence-electron chi connectivity index (χ0n) is 9.98. The maximum absolute atomic E-state index is 5.66. The van der Waals surface area contributed by atoms with E-state index in [9.17, 15) is 0 Å². The number of rotatable bonds is 3. The van der Waals surface area contributed by atoms with Crippen LogP contribution in [0.1, 0.15) is 23.1 Å². The quantitative estimate of drug-likeness (QED) is 0.649. The molecule has 2 heterocycles. The summed E-state index contributed by atoms with van der Waals surface area (Å²) < 4.78 is 4.53. The van der Waals surface area contributed by atoms with Crippen LogP contribution in [0.15, 0.2) is 16.7 Å². The lowest BCUT2D eigenvalue weighted by molar-refractivity contribution is 0.533. The Morgan fingerprint density at radius 2 is 2.12 bits per heavy atom. The van der Waals surface area contributed by atoms with Gasteiger partial charge in [0.05, 0.1) is 27.8 Å². The molecular weight excluding hydrogens is 284 g/mol. The van der Waals surface area contributed by atoms with Gasteiger partial charge in [-0.05, 0) is 28.9 Å². The lowest BCUT2D eigenvalue weighted by atomic mass is 10.1. The zero-order valence-corrected chi connectivity index (χ0v) is 11.6. The smallest absolute Gasteiger partial charge is 0.106 e. The third-order valence-electron chi connectivity index (χ3n) is 2.71. The average molecular weight is 299 g/mol. The number of hydrogen-bond acceptors (Lipinski definition) is 4. The van der Waals surface area contributed by atoms with E-state index in [-0.39, 0.29) is 6.04 Å². The van der Waals surface area contributed by atoms with E-state index in [0.717, 1.165) is 21.6 Å². The van der Waals surface area contributed by atoms with Gasteiger partial charge in [0, 0.05) is 14.1 Å². The van der Waals surface area contributed by atoms with Crippen molar-refractivity contribution in [3.05, 3.63) is 33.8 Å². The van der Waals surface area contributed by atoms with Crippen LogP contribution in [0, 0.1) is 6.92 Å². The molecule has 0 saturated carbocycles. The lowest BCUT2D eigenvalue weighted by Gasteiger charge is -2.17. The van der Waals surface area contributed by atoms with Gasteiger partial charge in [-0.25, -0.2) is 5.43 Å². The molecule has 0 spiro atoms. The molecule has 0 radical (unpaired) electrons. The molecule has 0 aliphatic carbocycles. The number of nitrogens with zero attached hydrogens (tertiary/aromatic N) is 4. The van der Waals surface area contributed by atoms with Crippen molar-refractivity contribution in [2.24, 2.45) is 19.9 Å². The van der Waals surface area contributed by atoms with Gasteiger partial charge in [-0.15, -0.1) is 0 Å². The highest BCUT2D eigenvalue weighted by Crippen LogP contribution is 2.27. The molecule has 6 nitrogen and oxygen atoms in total. The molecule has 0 fully saturated rings. The summed E-state index contributed by atoms with van der Waals surface area (Å²) in [5.74, 6) is 5.66. The molecule has 2 rings (SSSR count). The van der Waals surface area contributed by atoms with Crippen LogP contribution in [-0.4, -0.2) is 19.6 Å². The second-order valence-corrected chi connectivity index (χ2v) is 4.79. The van der Waals surface area contributed by atoms with Crippen molar-refractivity contribution in [3.63, 3.8) is 0 Å². The van der Waals surface area contributed by atoms with Crippen LogP contribution >= 0.6 is 15.9 Å². The van der Waals surface area contributed by atoms with E-state index in [4.69, 9.17) is 5.84 Å². The Kier molecular flexibility index (Phi) is 3.32. The Hall–Kier alpha value is -1.18. The fourth-order valence-corrected chi connectivity index (χ4v) is 2.53. The highest BCUT2D eigenvalue weighted by atomic mass is 79.9. The number of aryl methyl sites for hydroxylation is 3. The molecule has 2 aromatic heterocycles. The van der Waals surface area contributed by atoms with Crippen LogP contribution in [0.5, 0.6) is 0 Å². The van der Waals surface area contributed by atoms with Gasteiger partial charge in [0.2, 0.25) is 0 Å². The van der Waals surface area contributed by atoms with Gasteiger partial charge in [0.25, 0.3) is 0 Å². The van der Waals surface area contributed by atoms with E-state index in [2.05, 4.69) is 31.6 Å². The number of halogens is 1. The molecule has 3 N–H and O–H groups in total. The molecule has 0 saturated heterocycles. The van der Waals surface area contributed by atoms with Crippen molar-refractivity contribution in [1.82, 2.24) is 25.0 Å². The molecule has 92 valence electrons. The number of hydrazine groups is 1. The highest BCUT2D eigenvalue weighted by Gasteiger charge is 2.22. The van der Waals surface area contributed by atoms with E-state index in [0.29, 0.717) is 0 Å². The Balaban J connectivity index is 2.51. The van der Waals surface area contributed by atoms with E-state index in [1.165, 1.54) is 0 Å². The van der Waals surface area contributed by atoms with E-state index in [1.807, 2.05) is 31.8 Å². The van der Waals surface area contributed by atoms with Gasteiger partial charge < -0.3 is 0 Å². The second kappa shape index (κ2) is 4.59. The van der Waals surface area contributed by atoms with Crippen molar-refractivity contribution in [1.29, 1.82) is 0 Å². The van der Waals surface area contributed by atoms with E-state index in [1.54, 1.807) is 10.9 Å². The zero-order chi connectivity index (χ0) is 12.6. The highest BCUT2D eigenvalue weighted by molar-refractivity contribution is 9.10. The number of nitrogens with two attached hydrogens (primary N) is 1. The monoisotopic (exact) mass is 298 g/mol. The third kappa shape index (κ3) is 2.13. The summed E-state index contributed by atoms with van der Waals surface area (Å²) in [4.78, 5) is 0. The number of hydrogen-bond donors (Lipinski definition) is 2. The first kappa shape index (κ1) is 12.3. The molecular formula is C10H15BrN6. The summed E-state index contributed by atoms with van der Waals surface area (Å²) in [6, 6.07) is 1.85. The normalized spacial score (nSPS) is 13.0. The predicted molar refractivity (Wildman–Crippen MR) is 68.0 cm³/mol. The first-order chi connectivity index (χ1) is 8.04. The fraction of sp³-hybridized carbons (Fsp3) is 0.400. The van der Waals surface area contributed by atoms with Crippen LogP contribution in [0.25, 0.3) is 0 Å². The Bertz CT molecular complexity index is 509. The maximum atomic E-state index is 5.66. The van der Waals surface area contributed by atoms with Crippen molar-refractivity contribution in [2.75, 3.05) is 0 Å². The number of aromatic nitrogens is 4. The van der Waals surface area contributed by atoms with Gasteiger partial charge in [-0.3, -0.25) is 15.2 Å². The van der Waals surface area contributed by atoms with Crippen molar-refractivity contribution >= 4 is 15.9 Å². The third-order valence-corrected chi connectivity index (χ3v) is 3.32. The van der Waals surface area contributed by atoms with Gasteiger partial charge >= 0.3 is 0 Å². The van der Waals surface area contributed by atoms with Crippen LogP contribution in [0.2, 0.25) is 0 Å². The summed E-state index contributed by atoms with van der Waals surface area (Å²) in [6.45, 7) is 1.95. The summed E-state index contributed by atoms with van der Waals surface area (Å²) in [7, 11) is 3.78. The molecule has 1 unspecified atom stereocenters. The summed E-state index contributed by atoms with van der Waals surface area (Å²) in [6.07, 6.45) is 1.75. The summed E-state index contributed by atoms with van der Waals surface area (Å²) in [5.41, 5.74) is 5.73. The maximum Gasteiger partial charge on any atom is 0.106 e.